The second kappa shape index (κ2) is 8.21. The topological polar surface area (TPSA) is 63.7 Å². The van der Waals surface area contributed by atoms with Crippen molar-refractivity contribution in [1.82, 2.24) is 4.90 Å². The number of ether oxygens (including phenoxy) is 1. The number of fused-ring (bicyclic) bond motifs is 1. The van der Waals surface area contributed by atoms with E-state index in [0.29, 0.717) is 22.9 Å². The summed E-state index contributed by atoms with van der Waals surface area (Å²) >= 11 is 7.94. The van der Waals surface area contributed by atoms with Gasteiger partial charge in [-0.2, -0.15) is 0 Å². The Morgan fingerprint density at radius 2 is 1.97 bits per heavy atom. The molecule has 1 saturated heterocycles. The Morgan fingerprint density at radius 3 is 2.60 bits per heavy atom. The van der Waals surface area contributed by atoms with Crippen LogP contribution in [0.1, 0.15) is 27.2 Å². The summed E-state index contributed by atoms with van der Waals surface area (Å²) in [4.78, 5) is 15.7. The predicted molar refractivity (Wildman–Crippen MR) is 121 cm³/mol. The molecule has 2 heterocycles. The Labute approximate surface area is 185 Å². The molecule has 0 bridgehead atoms. The van der Waals surface area contributed by atoms with Gasteiger partial charge in [0.1, 0.15) is 10.6 Å². The van der Waals surface area contributed by atoms with E-state index in [9.17, 15) is 13.2 Å². The first-order valence-corrected chi connectivity index (χ1v) is 12.6. The molecule has 1 atom stereocenters. The van der Waals surface area contributed by atoms with Crippen molar-refractivity contribution in [2.45, 2.75) is 25.9 Å². The van der Waals surface area contributed by atoms with E-state index >= 15 is 0 Å². The molecule has 3 aromatic rings. The first-order valence-electron chi connectivity index (χ1n) is 9.60. The van der Waals surface area contributed by atoms with Gasteiger partial charge in [-0.05, 0) is 42.7 Å². The number of aryl methyl sites for hydroxylation is 1. The predicted octanol–water partition coefficient (Wildman–Crippen LogP) is 4.70. The molecule has 1 amide bonds. The number of carbonyl (C=O) groups excluding carboxylic acids is 1. The largest absolute Gasteiger partial charge is 0.497 e. The lowest BCUT2D eigenvalue weighted by Crippen LogP contribution is -2.40. The molecular formula is C22H22ClNO4S2. The molecule has 0 spiro atoms. The van der Waals surface area contributed by atoms with Crippen LogP contribution in [-0.4, -0.2) is 43.9 Å². The molecule has 30 heavy (non-hydrogen) atoms. The Bertz CT molecular complexity index is 1200. The van der Waals surface area contributed by atoms with Crippen LogP contribution in [-0.2, 0) is 16.4 Å². The highest BCUT2D eigenvalue weighted by Crippen LogP contribution is 2.37. The number of hydrogen-bond acceptors (Lipinski definition) is 5. The molecule has 4 rings (SSSR count). The number of amides is 1. The summed E-state index contributed by atoms with van der Waals surface area (Å²) in [5.74, 6) is 0.583. The molecule has 0 aliphatic carbocycles. The molecule has 1 aromatic heterocycles. The van der Waals surface area contributed by atoms with Gasteiger partial charge in [0, 0.05) is 22.7 Å². The van der Waals surface area contributed by atoms with Crippen LogP contribution in [0.3, 0.4) is 0 Å². The summed E-state index contributed by atoms with van der Waals surface area (Å²) in [6.07, 6.45) is 0.436. The standard InChI is InChI=1S/C22H22ClNO4S2/c1-14-3-8-18-19(11-14)29-21(20(18)23)22(25)24(16-9-10-30(26,27)13-16)12-15-4-6-17(28-2)7-5-15/h3-8,11,16H,9-10,12-13H2,1-2H3. The first-order chi connectivity index (χ1) is 14.3. The zero-order valence-corrected chi connectivity index (χ0v) is 19.1. The van der Waals surface area contributed by atoms with Gasteiger partial charge < -0.3 is 9.64 Å². The van der Waals surface area contributed by atoms with E-state index in [1.165, 1.54) is 11.3 Å². The van der Waals surface area contributed by atoms with Gasteiger partial charge >= 0.3 is 0 Å². The number of rotatable bonds is 5. The SMILES string of the molecule is COc1ccc(CN(C(=O)c2sc3cc(C)ccc3c2Cl)C2CCS(=O)(=O)C2)cc1. The highest BCUT2D eigenvalue weighted by Gasteiger charge is 2.36. The second-order valence-electron chi connectivity index (χ2n) is 7.58. The number of methoxy groups -OCH3 is 1. The van der Waals surface area contributed by atoms with Crippen LogP contribution >= 0.6 is 22.9 Å². The van der Waals surface area contributed by atoms with Gasteiger partial charge in [0.25, 0.3) is 5.91 Å². The summed E-state index contributed by atoms with van der Waals surface area (Å²) in [5.41, 5.74) is 2.00. The van der Waals surface area contributed by atoms with Crippen LogP contribution in [0.15, 0.2) is 42.5 Å². The first kappa shape index (κ1) is 21.2. The number of benzene rings is 2. The fourth-order valence-corrected chi connectivity index (χ4v) is 7.05. The highest BCUT2D eigenvalue weighted by molar-refractivity contribution is 7.91. The monoisotopic (exact) mass is 463 g/mol. The number of thiophene rings is 1. The van der Waals surface area contributed by atoms with E-state index in [-0.39, 0.29) is 23.5 Å². The minimum atomic E-state index is -3.14. The summed E-state index contributed by atoms with van der Waals surface area (Å²) in [7, 11) is -1.55. The molecule has 8 heteroatoms. The van der Waals surface area contributed by atoms with Gasteiger partial charge in [0.15, 0.2) is 9.84 Å². The molecule has 2 aromatic carbocycles. The van der Waals surface area contributed by atoms with E-state index in [1.807, 2.05) is 49.4 Å². The summed E-state index contributed by atoms with van der Waals surface area (Å²) in [5, 5.41) is 1.28. The molecule has 158 valence electrons. The third-order valence-electron chi connectivity index (χ3n) is 5.40. The third kappa shape index (κ3) is 4.19. The summed E-state index contributed by atoms with van der Waals surface area (Å²) in [6.45, 7) is 2.31. The Morgan fingerprint density at radius 1 is 1.23 bits per heavy atom. The molecule has 0 N–H and O–H groups in total. The Balaban J connectivity index is 1.71. The zero-order valence-electron chi connectivity index (χ0n) is 16.7. The second-order valence-corrected chi connectivity index (χ2v) is 11.2. The molecule has 0 saturated carbocycles. The van der Waals surface area contributed by atoms with Crippen molar-refractivity contribution in [3.8, 4) is 5.75 Å². The van der Waals surface area contributed by atoms with Gasteiger partial charge in [0.2, 0.25) is 0 Å². The van der Waals surface area contributed by atoms with Crippen molar-refractivity contribution in [3.63, 3.8) is 0 Å². The molecule has 0 radical (unpaired) electrons. The minimum Gasteiger partial charge on any atom is -0.497 e. The van der Waals surface area contributed by atoms with Crippen molar-refractivity contribution in [2.75, 3.05) is 18.6 Å². The lowest BCUT2D eigenvalue weighted by Gasteiger charge is -2.28. The number of hydrogen-bond donors (Lipinski definition) is 0. The number of halogens is 1. The highest BCUT2D eigenvalue weighted by atomic mass is 35.5. The third-order valence-corrected chi connectivity index (χ3v) is 8.80. The molecule has 1 fully saturated rings. The van der Waals surface area contributed by atoms with Crippen molar-refractivity contribution >= 4 is 48.8 Å². The van der Waals surface area contributed by atoms with E-state index < -0.39 is 9.84 Å². The van der Waals surface area contributed by atoms with Crippen molar-refractivity contribution in [3.05, 3.63) is 63.5 Å². The van der Waals surface area contributed by atoms with Crippen LogP contribution < -0.4 is 4.74 Å². The van der Waals surface area contributed by atoms with Crippen molar-refractivity contribution < 1.29 is 17.9 Å². The van der Waals surface area contributed by atoms with Gasteiger partial charge in [-0.25, -0.2) is 8.42 Å². The van der Waals surface area contributed by atoms with Crippen molar-refractivity contribution in [2.24, 2.45) is 0 Å². The van der Waals surface area contributed by atoms with Gasteiger partial charge in [-0.1, -0.05) is 35.9 Å². The average molecular weight is 464 g/mol. The summed E-state index contributed by atoms with van der Waals surface area (Å²) < 4.78 is 30.4. The molecule has 5 nitrogen and oxygen atoms in total. The van der Waals surface area contributed by atoms with Gasteiger partial charge in [-0.15, -0.1) is 11.3 Å². The lowest BCUT2D eigenvalue weighted by molar-refractivity contribution is 0.0686. The van der Waals surface area contributed by atoms with Crippen molar-refractivity contribution in [1.29, 1.82) is 0 Å². The molecular weight excluding hydrogens is 442 g/mol. The zero-order chi connectivity index (χ0) is 21.5. The van der Waals surface area contributed by atoms with Crippen LogP contribution in [0.4, 0.5) is 0 Å². The number of sulfone groups is 1. The van der Waals surface area contributed by atoms with Crippen LogP contribution in [0.5, 0.6) is 5.75 Å². The molecule has 1 aliphatic heterocycles. The van der Waals surface area contributed by atoms with Gasteiger partial charge in [-0.3, -0.25) is 4.79 Å². The maximum Gasteiger partial charge on any atom is 0.266 e. The average Bonchev–Trinajstić information content (AvgIpc) is 3.24. The molecule has 1 unspecified atom stereocenters. The minimum absolute atomic E-state index is 0.0173. The maximum absolute atomic E-state index is 13.6. The Kier molecular flexibility index (Phi) is 5.79. The van der Waals surface area contributed by atoms with E-state index in [1.54, 1.807) is 12.0 Å². The van der Waals surface area contributed by atoms with Crippen LogP contribution in [0.2, 0.25) is 5.02 Å². The van der Waals surface area contributed by atoms with E-state index in [4.69, 9.17) is 16.3 Å². The molecule has 1 aliphatic rings. The van der Waals surface area contributed by atoms with Crippen LogP contribution in [0, 0.1) is 6.92 Å². The van der Waals surface area contributed by atoms with Gasteiger partial charge in [0.05, 0.1) is 23.6 Å². The number of nitrogens with zero attached hydrogens (tertiary/aromatic N) is 1. The quantitative estimate of drug-likeness (QED) is 0.550. The van der Waals surface area contributed by atoms with E-state index in [2.05, 4.69) is 0 Å². The summed E-state index contributed by atoms with van der Waals surface area (Å²) in [6, 6.07) is 13.0. The maximum atomic E-state index is 13.6. The Hall–Kier alpha value is -2.09. The van der Waals surface area contributed by atoms with E-state index in [0.717, 1.165) is 27.0 Å². The number of carbonyl (C=O) groups is 1. The van der Waals surface area contributed by atoms with Crippen LogP contribution in [0.25, 0.3) is 10.1 Å². The fraction of sp³-hybridized carbons (Fsp3) is 0.318. The smallest absolute Gasteiger partial charge is 0.266 e. The lowest BCUT2D eigenvalue weighted by atomic mass is 10.1. The normalized spacial score (nSPS) is 17.9. The fourth-order valence-electron chi connectivity index (χ4n) is 3.76.